The van der Waals surface area contributed by atoms with Gasteiger partial charge in [0.2, 0.25) is 0 Å². The molecule has 0 atom stereocenters. The van der Waals surface area contributed by atoms with Crippen LogP contribution in [-0.2, 0) is 0 Å². The van der Waals surface area contributed by atoms with Gasteiger partial charge < -0.3 is 16.8 Å². The van der Waals surface area contributed by atoms with E-state index in [2.05, 4.69) is 15.3 Å². The SMILES string of the molecule is CN=C(C)N.CN=C(N)NC. The predicted octanol–water partition coefficient (Wildman–Crippen LogP) is -0.856. The van der Waals surface area contributed by atoms with Gasteiger partial charge in [0.05, 0.1) is 5.84 Å². The molecule has 0 bridgehead atoms. The smallest absolute Gasteiger partial charge is 0.188 e. The number of nitrogens with two attached hydrogens (primary N) is 2. The standard InChI is InChI=1S/C3H9N3.C3H8N2/c1-5-3(4)6-2;1-3(4)5-2/h1-2H3,(H3,4,5,6);1-2H3,(H2,4,5). The quantitative estimate of drug-likeness (QED) is 0.317. The zero-order valence-corrected chi connectivity index (χ0v) is 7.55. The first-order valence-electron chi connectivity index (χ1n) is 3.17. The highest BCUT2D eigenvalue weighted by molar-refractivity contribution is 5.77. The molecule has 0 unspecified atom stereocenters. The highest BCUT2D eigenvalue weighted by Gasteiger charge is 1.71. The Morgan fingerprint density at radius 2 is 1.55 bits per heavy atom. The van der Waals surface area contributed by atoms with Crippen LogP contribution >= 0.6 is 0 Å². The van der Waals surface area contributed by atoms with Crippen molar-refractivity contribution in [3.8, 4) is 0 Å². The van der Waals surface area contributed by atoms with E-state index >= 15 is 0 Å². The molecule has 0 aliphatic carbocycles. The van der Waals surface area contributed by atoms with E-state index in [1.54, 1.807) is 28.1 Å². The molecule has 0 fully saturated rings. The van der Waals surface area contributed by atoms with E-state index < -0.39 is 0 Å². The van der Waals surface area contributed by atoms with Crippen LogP contribution in [0, 0.1) is 0 Å². The number of aliphatic imine (C=N–C) groups is 2. The largest absolute Gasteiger partial charge is 0.388 e. The molecule has 0 saturated heterocycles. The van der Waals surface area contributed by atoms with Crippen molar-refractivity contribution in [2.75, 3.05) is 21.1 Å². The van der Waals surface area contributed by atoms with E-state index in [9.17, 15) is 0 Å². The molecule has 66 valence electrons. The number of amidine groups is 1. The minimum Gasteiger partial charge on any atom is -0.388 e. The summed E-state index contributed by atoms with van der Waals surface area (Å²) in [6, 6.07) is 0. The Bertz CT molecular complexity index is 134. The molecular weight excluding hydrogens is 142 g/mol. The number of hydrogen-bond acceptors (Lipinski definition) is 2. The van der Waals surface area contributed by atoms with Crippen molar-refractivity contribution in [3.63, 3.8) is 0 Å². The lowest BCUT2D eigenvalue weighted by molar-refractivity contribution is 1.12. The minimum atomic E-state index is 0.468. The van der Waals surface area contributed by atoms with Gasteiger partial charge in [-0.2, -0.15) is 0 Å². The summed E-state index contributed by atoms with van der Waals surface area (Å²) in [6.07, 6.45) is 0. The third kappa shape index (κ3) is 17.7. The first-order valence-corrected chi connectivity index (χ1v) is 3.17. The molecule has 0 saturated carbocycles. The Balaban J connectivity index is 0. The zero-order valence-electron chi connectivity index (χ0n) is 7.55. The molecule has 0 aliphatic heterocycles. The van der Waals surface area contributed by atoms with Crippen molar-refractivity contribution < 1.29 is 0 Å². The molecule has 0 heterocycles. The van der Waals surface area contributed by atoms with Crippen LogP contribution in [0.5, 0.6) is 0 Å². The van der Waals surface area contributed by atoms with Crippen LogP contribution in [0.1, 0.15) is 6.92 Å². The summed E-state index contributed by atoms with van der Waals surface area (Å²) in [5.41, 5.74) is 10.2. The monoisotopic (exact) mass is 159 g/mol. The molecule has 5 nitrogen and oxygen atoms in total. The lowest BCUT2D eigenvalue weighted by Gasteiger charge is -1.90. The Morgan fingerprint density at radius 3 is 1.55 bits per heavy atom. The lowest BCUT2D eigenvalue weighted by Crippen LogP contribution is -2.27. The van der Waals surface area contributed by atoms with E-state index in [0.717, 1.165) is 0 Å². The molecule has 5 N–H and O–H groups in total. The van der Waals surface area contributed by atoms with Gasteiger partial charge >= 0.3 is 0 Å². The van der Waals surface area contributed by atoms with Gasteiger partial charge in [0.1, 0.15) is 0 Å². The summed E-state index contributed by atoms with van der Waals surface area (Å²) in [7, 11) is 5.02. The first-order chi connectivity index (χ1) is 5.08. The fourth-order valence-corrected chi connectivity index (χ4v) is 0.112. The molecule has 0 radical (unpaired) electrons. The maximum atomic E-state index is 5.11. The zero-order chi connectivity index (χ0) is 9.28. The Hall–Kier alpha value is -1.26. The third-order valence-corrected chi connectivity index (χ3v) is 0.850. The van der Waals surface area contributed by atoms with Crippen molar-refractivity contribution in [1.29, 1.82) is 0 Å². The summed E-state index contributed by atoms with van der Waals surface area (Å²) in [5, 5.41) is 2.64. The second kappa shape index (κ2) is 8.74. The van der Waals surface area contributed by atoms with Crippen LogP contribution in [0.2, 0.25) is 0 Å². The molecular formula is C6H17N5. The van der Waals surface area contributed by atoms with E-state index in [0.29, 0.717) is 11.8 Å². The summed E-state index contributed by atoms with van der Waals surface area (Å²) >= 11 is 0. The van der Waals surface area contributed by atoms with Gasteiger partial charge in [0.15, 0.2) is 5.96 Å². The number of nitrogens with one attached hydrogen (secondary N) is 1. The number of rotatable bonds is 0. The van der Waals surface area contributed by atoms with Crippen molar-refractivity contribution in [1.82, 2.24) is 5.32 Å². The fraction of sp³-hybridized carbons (Fsp3) is 0.667. The van der Waals surface area contributed by atoms with Crippen LogP contribution in [0.15, 0.2) is 9.98 Å². The topological polar surface area (TPSA) is 88.8 Å². The highest BCUT2D eigenvalue weighted by atomic mass is 15.1. The summed E-state index contributed by atoms with van der Waals surface area (Å²) in [5.74, 6) is 1.10. The second-order valence-corrected chi connectivity index (χ2v) is 1.72. The summed E-state index contributed by atoms with van der Waals surface area (Å²) in [4.78, 5) is 7.17. The maximum Gasteiger partial charge on any atom is 0.188 e. The Morgan fingerprint density at radius 1 is 1.18 bits per heavy atom. The molecule has 0 spiro atoms. The first kappa shape index (κ1) is 12.4. The highest BCUT2D eigenvalue weighted by Crippen LogP contribution is 1.52. The lowest BCUT2D eigenvalue weighted by atomic mass is 10.7. The summed E-state index contributed by atoms with van der Waals surface area (Å²) < 4.78 is 0. The van der Waals surface area contributed by atoms with E-state index in [4.69, 9.17) is 11.5 Å². The Kier molecular flexibility index (Phi) is 9.87. The van der Waals surface area contributed by atoms with Crippen LogP contribution < -0.4 is 16.8 Å². The van der Waals surface area contributed by atoms with Crippen molar-refractivity contribution in [2.45, 2.75) is 6.92 Å². The van der Waals surface area contributed by atoms with E-state index in [1.807, 2.05) is 0 Å². The number of hydrogen-bond donors (Lipinski definition) is 3. The van der Waals surface area contributed by atoms with Gasteiger partial charge in [-0.1, -0.05) is 0 Å². The number of guanidine groups is 1. The normalized spacial score (nSPS) is 11.6. The predicted molar refractivity (Wildman–Crippen MR) is 49.8 cm³/mol. The van der Waals surface area contributed by atoms with Crippen molar-refractivity contribution in [3.05, 3.63) is 0 Å². The van der Waals surface area contributed by atoms with Gasteiger partial charge in [0, 0.05) is 21.1 Å². The van der Waals surface area contributed by atoms with Gasteiger partial charge in [-0.3, -0.25) is 9.98 Å². The molecule has 0 aromatic carbocycles. The van der Waals surface area contributed by atoms with Crippen LogP contribution in [-0.4, -0.2) is 32.9 Å². The maximum absolute atomic E-state index is 5.11. The average molecular weight is 159 g/mol. The van der Waals surface area contributed by atoms with Gasteiger partial charge in [-0.15, -0.1) is 0 Å². The van der Waals surface area contributed by atoms with Gasteiger partial charge in [-0.25, -0.2) is 0 Å². The van der Waals surface area contributed by atoms with Crippen molar-refractivity contribution >= 4 is 11.8 Å². The van der Waals surface area contributed by atoms with E-state index in [-0.39, 0.29) is 0 Å². The fourth-order valence-electron chi connectivity index (χ4n) is 0.112. The van der Waals surface area contributed by atoms with Gasteiger partial charge in [-0.05, 0) is 6.92 Å². The molecule has 0 rings (SSSR count). The number of nitrogens with zero attached hydrogens (tertiary/aromatic N) is 2. The molecule has 0 amide bonds. The Labute approximate surface area is 67.6 Å². The summed E-state index contributed by atoms with van der Waals surface area (Å²) in [6.45, 7) is 1.75. The second-order valence-electron chi connectivity index (χ2n) is 1.72. The van der Waals surface area contributed by atoms with Crippen LogP contribution in [0.4, 0.5) is 0 Å². The van der Waals surface area contributed by atoms with Crippen molar-refractivity contribution in [2.24, 2.45) is 21.5 Å². The minimum absolute atomic E-state index is 0.468. The molecule has 0 aromatic heterocycles. The molecule has 0 aliphatic rings. The van der Waals surface area contributed by atoms with Crippen LogP contribution in [0.25, 0.3) is 0 Å². The van der Waals surface area contributed by atoms with E-state index in [1.165, 1.54) is 0 Å². The molecule has 5 heteroatoms. The average Bonchev–Trinajstić information content (AvgIpc) is 2.04. The third-order valence-electron chi connectivity index (χ3n) is 0.850. The molecule has 11 heavy (non-hydrogen) atoms. The van der Waals surface area contributed by atoms with Gasteiger partial charge in [0.25, 0.3) is 0 Å². The molecule has 0 aromatic rings. The van der Waals surface area contributed by atoms with Crippen LogP contribution in [0.3, 0.4) is 0 Å².